The molecule has 1 atom stereocenters. The number of hydrogen-bond acceptors (Lipinski definition) is 5. The number of pyridine rings is 1. The Morgan fingerprint density at radius 2 is 2.33 bits per heavy atom. The Morgan fingerprint density at radius 1 is 1.56 bits per heavy atom. The molecule has 0 radical (unpaired) electrons. The highest BCUT2D eigenvalue weighted by molar-refractivity contribution is 9.10. The number of methoxy groups -OCH3 is 2. The van der Waals surface area contributed by atoms with Crippen LogP contribution in [-0.2, 0) is 9.47 Å². The van der Waals surface area contributed by atoms with Crippen LogP contribution in [0.5, 0.6) is 0 Å². The predicted octanol–water partition coefficient (Wildman–Crippen LogP) is 1.86. The van der Waals surface area contributed by atoms with Crippen LogP contribution in [0.25, 0.3) is 0 Å². The van der Waals surface area contributed by atoms with E-state index in [-0.39, 0.29) is 12.1 Å². The number of anilines is 1. The number of halogens is 1. The molecule has 1 saturated heterocycles. The van der Waals surface area contributed by atoms with E-state index in [1.54, 1.807) is 19.4 Å². The van der Waals surface area contributed by atoms with Gasteiger partial charge in [-0.1, -0.05) is 0 Å². The van der Waals surface area contributed by atoms with Gasteiger partial charge in [0.25, 0.3) is 0 Å². The maximum Gasteiger partial charge on any atom is 0.341 e. The Balaban J connectivity index is 2.30. The molecule has 1 aliphatic rings. The number of hydrogen-bond donors (Lipinski definition) is 0. The molecular weight excluding hydrogens is 300 g/mol. The van der Waals surface area contributed by atoms with Crippen LogP contribution in [0.1, 0.15) is 16.8 Å². The first-order valence-electron chi connectivity index (χ1n) is 5.67. The van der Waals surface area contributed by atoms with E-state index in [1.165, 1.54) is 7.11 Å². The van der Waals surface area contributed by atoms with Crippen LogP contribution < -0.4 is 4.90 Å². The van der Waals surface area contributed by atoms with Gasteiger partial charge in [-0.25, -0.2) is 9.78 Å². The fourth-order valence-corrected chi connectivity index (χ4v) is 2.39. The van der Waals surface area contributed by atoms with Crippen LogP contribution in [0.3, 0.4) is 0 Å². The van der Waals surface area contributed by atoms with E-state index in [4.69, 9.17) is 9.47 Å². The third-order valence-electron chi connectivity index (χ3n) is 3.02. The van der Waals surface area contributed by atoms with Gasteiger partial charge in [0, 0.05) is 30.9 Å². The molecule has 1 aliphatic heterocycles. The van der Waals surface area contributed by atoms with Crippen LogP contribution in [0.2, 0.25) is 0 Å². The van der Waals surface area contributed by atoms with Crippen LogP contribution >= 0.6 is 15.9 Å². The minimum Gasteiger partial charge on any atom is -0.465 e. The van der Waals surface area contributed by atoms with E-state index < -0.39 is 0 Å². The van der Waals surface area contributed by atoms with Crippen molar-refractivity contribution in [1.82, 2.24) is 4.98 Å². The lowest BCUT2D eigenvalue weighted by molar-refractivity contribution is 0.0601. The normalized spacial score (nSPS) is 19.1. The highest BCUT2D eigenvalue weighted by Gasteiger charge is 2.27. The van der Waals surface area contributed by atoms with Crippen molar-refractivity contribution in [3.63, 3.8) is 0 Å². The summed E-state index contributed by atoms with van der Waals surface area (Å²) in [5.74, 6) is 0.282. The molecule has 0 spiro atoms. The van der Waals surface area contributed by atoms with Gasteiger partial charge >= 0.3 is 5.97 Å². The Bertz CT molecular complexity index is 453. The molecule has 1 aromatic heterocycles. The number of nitrogens with zero attached hydrogens (tertiary/aromatic N) is 2. The number of ether oxygens (including phenoxy) is 2. The predicted molar refractivity (Wildman–Crippen MR) is 70.9 cm³/mol. The number of esters is 1. The zero-order chi connectivity index (χ0) is 13.1. The first-order valence-corrected chi connectivity index (χ1v) is 6.46. The van der Waals surface area contributed by atoms with Gasteiger partial charge in [0.15, 0.2) is 0 Å². The lowest BCUT2D eigenvalue weighted by Crippen LogP contribution is -2.25. The Hall–Kier alpha value is -1.14. The fraction of sp³-hybridized carbons (Fsp3) is 0.500. The molecule has 6 heteroatoms. The summed E-state index contributed by atoms with van der Waals surface area (Å²) in [6.07, 6.45) is 2.82. The highest BCUT2D eigenvalue weighted by atomic mass is 79.9. The summed E-state index contributed by atoms with van der Waals surface area (Å²) < 4.78 is 10.9. The van der Waals surface area contributed by atoms with E-state index in [1.807, 2.05) is 4.90 Å². The van der Waals surface area contributed by atoms with Gasteiger partial charge < -0.3 is 14.4 Å². The minimum absolute atomic E-state index is 0.195. The Kier molecular flexibility index (Phi) is 4.19. The second-order valence-corrected chi connectivity index (χ2v) is 5.02. The molecule has 5 nitrogen and oxygen atoms in total. The summed E-state index contributed by atoms with van der Waals surface area (Å²) in [7, 11) is 3.07. The lowest BCUT2D eigenvalue weighted by Gasteiger charge is -2.19. The second kappa shape index (κ2) is 5.67. The third kappa shape index (κ3) is 2.64. The standard InChI is InChI=1S/C12H15BrN2O3/c1-17-9-3-4-15(7-9)11-10(12(16)18-2)5-8(13)6-14-11/h5-6,9H,3-4,7H2,1-2H3. The summed E-state index contributed by atoms with van der Waals surface area (Å²) >= 11 is 3.31. The van der Waals surface area contributed by atoms with Crippen molar-refractivity contribution >= 4 is 27.7 Å². The van der Waals surface area contributed by atoms with Gasteiger partial charge in [-0.15, -0.1) is 0 Å². The zero-order valence-electron chi connectivity index (χ0n) is 10.4. The molecule has 0 aliphatic carbocycles. The fourth-order valence-electron chi connectivity index (χ4n) is 2.06. The van der Waals surface area contributed by atoms with Crippen molar-refractivity contribution in [3.05, 3.63) is 22.3 Å². The summed E-state index contributed by atoms with van der Waals surface area (Å²) in [6, 6.07) is 1.73. The molecule has 1 fully saturated rings. The van der Waals surface area contributed by atoms with Crippen LogP contribution in [0.4, 0.5) is 5.82 Å². The first-order chi connectivity index (χ1) is 8.65. The molecule has 0 N–H and O–H groups in total. The molecule has 0 bridgehead atoms. The average molecular weight is 315 g/mol. The van der Waals surface area contributed by atoms with Crippen molar-refractivity contribution in [1.29, 1.82) is 0 Å². The highest BCUT2D eigenvalue weighted by Crippen LogP contribution is 2.26. The lowest BCUT2D eigenvalue weighted by atomic mass is 10.2. The topological polar surface area (TPSA) is 51.7 Å². The van der Waals surface area contributed by atoms with Crippen LogP contribution in [0.15, 0.2) is 16.7 Å². The van der Waals surface area contributed by atoms with Crippen molar-refractivity contribution in [2.75, 3.05) is 32.2 Å². The van der Waals surface area contributed by atoms with Crippen molar-refractivity contribution < 1.29 is 14.3 Å². The summed E-state index contributed by atoms with van der Waals surface area (Å²) in [5, 5.41) is 0. The van der Waals surface area contributed by atoms with E-state index >= 15 is 0 Å². The maximum atomic E-state index is 11.8. The first kappa shape index (κ1) is 13.3. The quantitative estimate of drug-likeness (QED) is 0.797. The third-order valence-corrected chi connectivity index (χ3v) is 3.45. The van der Waals surface area contributed by atoms with Crippen molar-refractivity contribution in [3.8, 4) is 0 Å². The van der Waals surface area contributed by atoms with E-state index in [0.29, 0.717) is 11.4 Å². The zero-order valence-corrected chi connectivity index (χ0v) is 11.9. The number of carbonyl (C=O) groups is 1. The minimum atomic E-state index is -0.375. The van der Waals surface area contributed by atoms with E-state index in [0.717, 1.165) is 24.0 Å². The average Bonchev–Trinajstić information content (AvgIpc) is 2.86. The Labute approximate surface area is 114 Å². The van der Waals surface area contributed by atoms with Crippen LogP contribution in [0, 0.1) is 0 Å². The molecule has 0 amide bonds. The summed E-state index contributed by atoms with van der Waals surface area (Å²) in [6.45, 7) is 1.58. The molecular formula is C12H15BrN2O3. The van der Waals surface area contributed by atoms with E-state index in [9.17, 15) is 4.79 Å². The molecule has 0 saturated carbocycles. The molecule has 1 unspecified atom stereocenters. The van der Waals surface area contributed by atoms with Gasteiger partial charge in [-0.2, -0.15) is 0 Å². The van der Waals surface area contributed by atoms with Gasteiger partial charge in [0.2, 0.25) is 0 Å². The molecule has 0 aromatic carbocycles. The smallest absolute Gasteiger partial charge is 0.341 e. The molecule has 2 rings (SSSR count). The summed E-state index contributed by atoms with van der Waals surface area (Å²) in [5.41, 5.74) is 0.476. The number of aromatic nitrogens is 1. The molecule has 18 heavy (non-hydrogen) atoms. The van der Waals surface area contributed by atoms with Gasteiger partial charge in [0.1, 0.15) is 11.4 Å². The SMILES string of the molecule is COC(=O)c1cc(Br)cnc1N1CCC(OC)C1. The van der Waals surface area contributed by atoms with Gasteiger partial charge in [-0.3, -0.25) is 0 Å². The van der Waals surface area contributed by atoms with E-state index in [2.05, 4.69) is 20.9 Å². The van der Waals surface area contributed by atoms with Crippen LogP contribution in [-0.4, -0.2) is 44.4 Å². The maximum absolute atomic E-state index is 11.8. The molecule has 98 valence electrons. The molecule has 1 aromatic rings. The van der Waals surface area contributed by atoms with Crippen molar-refractivity contribution in [2.45, 2.75) is 12.5 Å². The Morgan fingerprint density at radius 3 is 2.94 bits per heavy atom. The second-order valence-electron chi connectivity index (χ2n) is 4.11. The monoisotopic (exact) mass is 314 g/mol. The summed E-state index contributed by atoms with van der Waals surface area (Å²) in [4.78, 5) is 18.1. The van der Waals surface area contributed by atoms with Gasteiger partial charge in [-0.05, 0) is 28.4 Å². The molecule has 2 heterocycles. The number of rotatable bonds is 3. The number of carbonyl (C=O) groups excluding carboxylic acids is 1. The van der Waals surface area contributed by atoms with Crippen molar-refractivity contribution in [2.24, 2.45) is 0 Å². The van der Waals surface area contributed by atoms with Gasteiger partial charge in [0.05, 0.1) is 13.2 Å². The largest absolute Gasteiger partial charge is 0.465 e.